The molecule has 0 aliphatic heterocycles. The first kappa shape index (κ1) is 18.0. The highest BCUT2D eigenvalue weighted by atomic mass is 16.5. The van der Waals surface area contributed by atoms with Crippen molar-refractivity contribution in [1.82, 2.24) is 5.32 Å². The molecule has 3 nitrogen and oxygen atoms in total. The van der Waals surface area contributed by atoms with E-state index in [1.165, 1.54) is 44.1 Å². The maximum atomic E-state index is 5.74. The Morgan fingerprint density at radius 3 is 2.52 bits per heavy atom. The van der Waals surface area contributed by atoms with E-state index in [2.05, 4.69) is 24.4 Å². The Bertz CT molecular complexity index is 355. The molecule has 1 aromatic rings. The fraction of sp³-hybridized carbons (Fsp3) is 0.667. The van der Waals surface area contributed by atoms with Gasteiger partial charge in [0.2, 0.25) is 0 Å². The lowest BCUT2D eigenvalue weighted by Gasteiger charge is -2.12. The summed E-state index contributed by atoms with van der Waals surface area (Å²) in [5, 5.41) is 3.51. The zero-order valence-electron chi connectivity index (χ0n) is 13.7. The zero-order chi connectivity index (χ0) is 15.2. The van der Waals surface area contributed by atoms with Crippen molar-refractivity contribution in [2.45, 2.75) is 52.0 Å². The SMILES string of the molecule is CCCCCCCCNCc1ccccc1OCCOC. The van der Waals surface area contributed by atoms with Gasteiger partial charge in [-0.15, -0.1) is 0 Å². The molecule has 0 aromatic heterocycles. The maximum absolute atomic E-state index is 5.74. The lowest BCUT2D eigenvalue weighted by molar-refractivity contribution is 0.145. The number of hydrogen-bond donors (Lipinski definition) is 1. The molecule has 0 atom stereocenters. The first-order chi connectivity index (χ1) is 10.4. The van der Waals surface area contributed by atoms with Gasteiger partial charge in [-0.05, 0) is 19.0 Å². The molecule has 0 fully saturated rings. The van der Waals surface area contributed by atoms with Crippen LogP contribution in [0.2, 0.25) is 0 Å². The van der Waals surface area contributed by atoms with E-state index in [0.717, 1.165) is 18.8 Å². The van der Waals surface area contributed by atoms with Crippen LogP contribution in [-0.4, -0.2) is 26.9 Å². The van der Waals surface area contributed by atoms with Gasteiger partial charge in [-0.1, -0.05) is 57.2 Å². The summed E-state index contributed by atoms with van der Waals surface area (Å²) in [6, 6.07) is 8.22. The minimum atomic E-state index is 0.602. The summed E-state index contributed by atoms with van der Waals surface area (Å²) in [5.41, 5.74) is 1.22. The first-order valence-electron chi connectivity index (χ1n) is 8.28. The number of hydrogen-bond acceptors (Lipinski definition) is 3. The molecule has 1 aromatic carbocycles. The van der Waals surface area contributed by atoms with Crippen LogP contribution in [0.4, 0.5) is 0 Å². The maximum Gasteiger partial charge on any atom is 0.123 e. The van der Waals surface area contributed by atoms with E-state index < -0.39 is 0 Å². The number of rotatable bonds is 13. The van der Waals surface area contributed by atoms with Crippen molar-refractivity contribution in [1.29, 1.82) is 0 Å². The van der Waals surface area contributed by atoms with Crippen molar-refractivity contribution in [3.8, 4) is 5.75 Å². The van der Waals surface area contributed by atoms with Gasteiger partial charge in [0.15, 0.2) is 0 Å². The predicted molar refractivity (Wildman–Crippen MR) is 88.9 cm³/mol. The number of para-hydroxylation sites is 1. The van der Waals surface area contributed by atoms with Gasteiger partial charge in [0.1, 0.15) is 12.4 Å². The Morgan fingerprint density at radius 2 is 1.71 bits per heavy atom. The van der Waals surface area contributed by atoms with Crippen molar-refractivity contribution in [2.24, 2.45) is 0 Å². The van der Waals surface area contributed by atoms with Crippen molar-refractivity contribution < 1.29 is 9.47 Å². The minimum Gasteiger partial charge on any atom is -0.491 e. The van der Waals surface area contributed by atoms with Gasteiger partial charge < -0.3 is 14.8 Å². The number of nitrogens with one attached hydrogen (secondary N) is 1. The van der Waals surface area contributed by atoms with Crippen molar-refractivity contribution >= 4 is 0 Å². The molecule has 0 radical (unpaired) electrons. The standard InChI is InChI=1S/C18H31NO2/c1-3-4-5-6-7-10-13-19-16-17-11-8-9-12-18(17)21-15-14-20-2/h8-9,11-12,19H,3-7,10,13-16H2,1-2H3. The summed E-state index contributed by atoms with van der Waals surface area (Å²) in [6.07, 6.45) is 8.03. The molecule has 3 heteroatoms. The van der Waals surface area contributed by atoms with E-state index in [0.29, 0.717) is 13.2 Å². The molecule has 1 N–H and O–H groups in total. The number of benzene rings is 1. The second kappa shape index (κ2) is 12.7. The molecule has 120 valence electrons. The third-order valence-corrected chi connectivity index (χ3v) is 3.54. The van der Waals surface area contributed by atoms with Crippen LogP contribution in [0.15, 0.2) is 24.3 Å². The summed E-state index contributed by atoms with van der Waals surface area (Å²) in [4.78, 5) is 0. The van der Waals surface area contributed by atoms with E-state index in [4.69, 9.17) is 9.47 Å². The number of ether oxygens (including phenoxy) is 2. The van der Waals surface area contributed by atoms with Crippen molar-refractivity contribution in [2.75, 3.05) is 26.9 Å². The average molecular weight is 293 g/mol. The normalized spacial score (nSPS) is 10.8. The molecule has 0 unspecified atom stereocenters. The number of unbranched alkanes of at least 4 members (excludes halogenated alkanes) is 5. The highest BCUT2D eigenvalue weighted by molar-refractivity contribution is 5.33. The molecule has 0 amide bonds. The smallest absolute Gasteiger partial charge is 0.123 e. The third kappa shape index (κ3) is 8.74. The minimum absolute atomic E-state index is 0.602. The highest BCUT2D eigenvalue weighted by Crippen LogP contribution is 2.17. The molecule has 0 spiro atoms. The van der Waals surface area contributed by atoms with Crippen LogP contribution in [-0.2, 0) is 11.3 Å². The summed E-state index contributed by atoms with van der Waals surface area (Å²) < 4.78 is 10.8. The lowest BCUT2D eigenvalue weighted by atomic mass is 10.1. The second-order valence-corrected chi connectivity index (χ2v) is 5.39. The quantitative estimate of drug-likeness (QED) is 0.554. The van der Waals surface area contributed by atoms with Crippen molar-refractivity contribution in [3.63, 3.8) is 0 Å². The predicted octanol–water partition coefficient (Wildman–Crippen LogP) is 4.16. The van der Waals surface area contributed by atoms with Gasteiger partial charge in [0, 0.05) is 19.2 Å². The van der Waals surface area contributed by atoms with Crippen molar-refractivity contribution in [3.05, 3.63) is 29.8 Å². The van der Waals surface area contributed by atoms with Crippen LogP contribution < -0.4 is 10.1 Å². The van der Waals surface area contributed by atoms with Gasteiger partial charge in [-0.2, -0.15) is 0 Å². The number of methoxy groups -OCH3 is 1. The topological polar surface area (TPSA) is 30.5 Å². The molecule has 0 aliphatic rings. The van der Waals surface area contributed by atoms with Crippen LogP contribution >= 0.6 is 0 Å². The zero-order valence-corrected chi connectivity index (χ0v) is 13.7. The molecular formula is C18H31NO2. The monoisotopic (exact) mass is 293 g/mol. The molecule has 0 saturated carbocycles. The summed E-state index contributed by atoms with van der Waals surface area (Å²) in [5.74, 6) is 0.963. The Morgan fingerprint density at radius 1 is 0.952 bits per heavy atom. The van der Waals surface area contributed by atoms with Crippen LogP contribution in [0.1, 0.15) is 51.0 Å². The van der Waals surface area contributed by atoms with Crippen LogP contribution in [0.5, 0.6) is 5.75 Å². The van der Waals surface area contributed by atoms with E-state index in [9.17, 15) is 0 Å². The fourth-order valence-electron chi connectivity index (χ4n) is 2.28. The van der Waals surface area contributed by atoms with Crippen LogP contribution in [0, 0.1) is 0 Å². The third-order valence-electron chi connectivity index (χ3n) is 3.54. The Balaban J connectivity index is 2.16. The Kier molecular flexibility index (Phi) is 10.8. The Hall–Kier alpha value is -1.06. The molecule has 1 rings (SSSR count). The van der Waals surface area contributed by atoms with Gasteiger partial charge in [-0.25, -0.2) is 0 Å². The van der Waals surface area contributed by atoms with E-state index >= 15 is 0 Å². The van der Waals surface area contributed by atoms with Gasteiger partial charge in [-0.3, -0.25) is 0 Å². The lowest BCUT2D eigenvalue weighted by Crippen LogP contribution is -2.16. The summed E-state index contributed by atoms with van der Waals surface area (Å²) in [6.45, 7) is 5.44. The van der Waals surface area contributed by atoms with E-state index in [1.54, 1.807) is 7.11 Å². The molecule has 0 bridgehead atoms. The molecular weight excluding hydrogens is 262 g/mol. The largest absolute Gasteiger partial charge is 0.491 e. The van der Waals surface area contributed by atoms with Crippen LogP contribution in [0.3, 0.4) is 0 Å². The summed E-state index contributed by atoms with van der Waals surface area (Å²) >= 11 is 0. The molecule has 0 saturated heterocycles. The second-order valence-electron chi connectivity index (χ2n) is 5.39. The average Bonchev–Trinajstić information content (AvgIpc) is 2.51. The van der Waals surface area contributed by atoms with Gasteiger partial charge in [0.05, 0.1) is 6.61 Å². The van der Waals surface area contributed by atoms with Gasteiger partial charge in [0.25, 0.3) is 0 Å². The van der Waals surface area contributed by atoms with E-state index in [-0.39, 0.29) is 0 Å². The highest BCUT2D eigenvalue weighted by Gasteiger charge is 2.02. The fourth-order valence-corrected chi connectivity index (χ4v) is 2.28. The Labute approximate surface area is 130 Å². The summed E-state index contributed by atoms with van der Waals surface area (Å²) in [7, 11) is 1.69. The van der Waals surface area contributed by atoms with E-state index in [1.807, 2.05) is 12.1 Å². The molecule has 0 heterocycles. The molecule has 0 aliphatic carbocycles. The first-order valence-corrected chi connectivity index (χ1v) is 8.28. The van der Waals surface area contributed by atoms with Crippen LogP contribution in [0.25, 0.3) is 0 Å². The van der Waals surface area contributed by atoms with Gasteiger partial charge >= 0.3 is 0 Å². The molecule has 21 heavy (non-hydrogen) atoms.